The van der Waals surface area contributed by atoms with Crippen LogP contribution in [0.3, 0.4) is 0 Å². The van der Waals surface area contributed by atoms with Crippen LogP contribution >= 0.6 is 0 Å². The maximum atomic E-state index is 13.3. The molecule has 0 unspecified atom stereocenters. The maximum Gasteiger partial charge on any atom is 0.227 e. The van der Waals surface area contributed by atoms with Crippen molar-refractivity contribution in [3.63, 3.8) is 0 Å². The predicted octanol–water partition coefficient (Wildman–Crippen LogP) is 1.59. The number of hydrogen-bond acceptors (Lipinski definition) is 4. The number of hydrogen-bond donors (Lipinski definition) is 1. The lowest BCUT2D eigenvalue weighted by Crippen LogP contribution is -2.44. The molecule has 1 N–H and O–H groups in total. The first-order chi connectivity index (χ1) is 14.6. The zero-order chi connectivity index (χ0) is 21.3. The number of amides is 1. The van der Waals surface area contributed by atoms with Crippen LogP contribution in [-0.4, -0.2) is 65.2 Å². The number of piperidine rings is 1. The second-order valence-corrected chi connectivity index (χ2v) is 8.97. The summed E-state index contributed by atoms with van der Waals surface area (Å²) in [5, 5.41) is 3.41. The molecule has 2 aliphatic rings. The van der Waals surface area contributed by atoms with Crippen LogP contribution < -0.4 is 10.8 Å². The van der Waals surface area contributed by atoms with Crippen molar-refractivity contribution in [1.82, 2.24) is 10.2 Å². The van der Waals surface area contributed by atoms with Crippen molar-refractivity contribution < 1.29 is 14.3 Å². The van der Waals surface area contributed by atoms with Gasteiger partial charge in [0.2, 0.25) is 5.91 Å². The number of methoxy groups -OCH3 is 2. The van der Waals surface area contributed by atoms with E-state index in [4.69, 9.17) is 9.47 Å². The minimum atomic E-state index is 0.144. The van der Waals surface area contributed by atoms with Gasteiger partial charge in [-0.25, -0.2) is 0 Å². The van der Waals surface area contributed by atoms with E-state index in [9.17, 15) is 4.79 Å². The Hall–Kier alpha value is -1.37. The van der Waals surface area contributed by atoms with Crippen LogP contribution in [0.5, 0.6) is 0 Å². The molecule has 2 fully saturated rings. The largest absolute Gasteiger partial charge is 0.385 e. The summed E-state index contributed by atoms with van der Waals surface area (Å²) >= 11 is 0. The van der Waals surface area contributed by atoms with Gasteiger partial charge in [0, 0.05) is 46.6 Å². The number of ether oxygens (including phenoxy) is 2. The number of rotatable bonds is 12. The monoisotopic (exact) mass is 414 g/mol. The normalized spacial score (nSPS) is 19.1. The van der Waals surface area contributed by atoms with Crippen molar-refractivity contribution in [3.8, 4) is 0 Å². The van der Waals surface area contributed by atoms with Gasteiger partial charge < -0.3 is 19.7 Å². The topological polar surface area (TPSA) is 50.8 Å². The standard InChI is InChI=1S/C24H39BN2O3/c1-29-12-4-6-18-14-19(8-5-13-30-2)23(25)21(15-18)17-27(22-9-10-22)24(28)20-7-3-11-26-16-20/h14-15,20,22,26H,3-13,16-17,25H2,1-2H3/t20-/m1/s1. The van der Waals surface area contributed by atoms with Gasteiger partial charge in [0.1, 0.15) is 7.85 Å². The lowest BCUT2D eigenvalue weighted by atomic mass is 9.82. The first-order valence-corrected chi connectivity index (χ1v) is 11.7. The molecule has 1 aromatic carbocycles. The molecule has 5 nitrogen and oxygen atoms in total. The molecule has 0 spiro atoms. The highest BCUT2D eigenvalue weighted by Gasteiger charge is 2.36. The van der Waals surface area contributed by atoms with Gasteiger partial charge in [0.25, 0.3) is 0 Å². The molecule has 0 radical (unpaired) electrons. The SMILES string of the molecule is Bc1c(CCCOC)cc(CCCOC)cc1CN(C(=O)[C@@H]1CCCNC1)C1CC1. The quantitative estimate of drug-likeness (QED) is 0.417. The van der Waals surface area contributed by atoms with E-state index >= 15 is 0 Å². The lowest BCUT2D eigenvalue weighted by Gasteiger charge is -2.31. The molecule has 166 valence electrons. The molecule has 6 heteroatoms. The number of nitrogens with one attached hydrogen (secondary N) is 1. The molecule has 1 aliphatic heterocycles. The molecule has 1 aromatic rings. The summed E-state index contributed by atoms with van der Waals surface area (Å²) in [6.07, 6.45) is 8.52. The van der Waals surface area contributed by atoms with Crippen LogP contribution in [0.4, 0.5) is 0 Å². The van der Waals surface area contributed by atoms with Crippen LogP contribution in [0.1, 0.15) is 55.2 Å². The van der Waals surface area contributed by atoms with Gasteiger partial charge in [-0.1, -0.05) is 23.2 Å². The third-order valence-corrected chi connectivity index (χ3v) is 6.55. The second-order valence-electron chi connectivity index (χ2n) is 8.97. The molecule has 0 aromatic heterocycles. The summed E-state index contributed by atoms with van der Waals surface area (Å²) in [6, 6.07) is 5.14. The van der Waals surface area contributed by atoms with Crippen molar-refractivity contribution in [2.24, 2.45) is 5.92 Å². The highest BCUT2D eigenvalue weighted by Crippen LogP contribution is 2.31. The van der Waals surface area contributed by atoms with Crippen LogP contribution in [0.15, 0.2) is 12.1 Å². The maximum absolute atomic E-state index is 13.3. The Bertz CT molecular complexity index is 687. The Kier molecular flexibility index (Phi) is 9.22. The fraction of sp³-hybridized carbons (Fsp3) is 0.708. The van der Waals surface area contributed by atoms with Crippen molar-refractivity contribution in [2.75, 3.05) is 40.5 Å². The average molecular weight is 414 g/mol. The molecule has 1 atom stereocenters. The van der Waals surface area contributed by atoms with Crippen molar-refractivity contribution >= 4 is 19.2 Å². The summed E-state index contributed by atoms with van der Waals surface area (Å²) < 4.78 is 10.5. The molecule has 3 rings (SSSR count). The summed E-state index contributed by atoms with van der Waals surface area (Å²) in [5.74, 6) is 0.500. The number of carbonyl (C=O) groups is 1. The van der Waals surface area contributed by atoms with Crippen LogP contribution in [0.2, 0.25) is 0 Å². The minimum Gasteiger partial charge on any atom is -0.385 e. The second kappa shape index (κ2) is 11.9. The zero-order valence-corrected chi connectivity index (χ0v) is 19.2. The summed E-state index contributed by atoms with van der Waals surface area (Å²) in [7, 11) is 5.75. The van der Waals surface area contributed by atoms with E-state index < -0.39 is 0 Å². The zero-order valence-electron chi connectivity index (χ0n) is 19.2. The molecular weight excluding hydrogens is 375 g/mol. The van der Waals surface area contributed by atoms with Crippen molar-refractivity contribution in [1.29, 1.82) is 0 Å². The number of nitrogens with zero attached hydrogens (tertiary/aromatic N) is 1. The van der Waals surface area contributed by atoms with Gasteiger partial charge in [0.15, 0.2) is 0 Å². The summed E-state index contributed by atoms with van der Waals surface area (Å²) in [5.41, 5.74) is 5.44. The molecule has 1 saturated carbocycles. The average Bonchev–Trinajstić information content (AvgIpc) is 3.60. The first-order valence-electron chi connectivity index (χ1n) is 11.7. The van der Waals surface area contributed by atoms with Crippen LogP contribution in [0.25, 0.3) is 0 Å². The van der Waals surface area contributed by atoms with Gasteiger partial charge >= 0.3 is 0 Å². The van der Waals surface area contributed by atoms with E-state index in [2.05, 4.69) is 30.2 Å². The highest BCUT2D eigenvalue weighted by molar-refractivity contribution is 6.34. The van der Waals surface area contributed by atoms with Gasteiger partial charge in [-0.2, -0.15) is 0 Å². The third kappa shape index (κ3) is 6.56. The molecule has 0 bridgehead atoms. The van der Waals surface area contributed by atoms with E-state index in [1.54, 1.807) is 14.2 Å². The lowest BCUT2D eigenvalue weighted by molar-refractivity contribution is -0.137. The fourth-order valence-corrected chi connectivity index (χ4v) is 4.56. The summed E-state index contributed by atoms with van der Waals surface area (Å²) in [4.78, 5) is 15.5. The van der Waals surface area contributed by atoms with Gasteiger partial charge in [-0.05, 0) is 69.0 Å². The predicted molar refractivity (Wildman–Crippen MR) is 124 cm³/mol. The van der Waals surface area contributed by atoms with Gasteiger partial charge in [-0.15, -0.1) is 0 Å². The van der Waals surface area contributed by atoms with E-state index in [1.165, 1.54) is 22.2 Å². The minimum absolute atomic E-state index is 0.144. The highest BCUT2D eigenvalue weighted by atomic mass is 16.5. The van der Waals surface area contributed by atoms with E-state index in [0.717, 1.165) is 84.2 Å². The van der Waals surface area contributed by atoms with Crippen LogP contribution in [-0.2, 0) is 33.7 Å². The smallest absolute Gasteiger partial charge is 0.227 e. The molecule has 1 heterocycles. The Morgan fingerprint density at radius 2 is 1.80 bits per heavy atom. The van der Waals surface area contributed by atoms with Crippen molar-refractivity contribution in [3.05, 3.63) is 28.8 Å². The van der Waals surface area contributed by atoms with E-state index in [1.807, 2.05) is 0 Å². The van der Waals surface area contributed by atoms with Gasteiger partial charge in [0.05, 0.1) is 5.92 Å². The number of carbonyl (C=O) groups excluding carboxylic acids is 1. The van der Waals surface area contributed by atoms with Crippen LogP contribution in [0, 0.1) is 5.92 Å². The number of benzene rings is 1. The van der Waals surface area contributed by atoms with Crippen molar-refractivity contribution in [2.45, 2.75) is 64.0 Å². The fourth-order valence-electron chi connectivity index (χ4n) is 4.56. The van der Waals surface area contributed by atoms with Gasteiger partial charge in [-0.3, -0.25) is 4.79 Å². The number of aryl methyl sites for hydroxylation is 2. The van der Waals surface area contributed by atoms with E-state index in [-0.39, 0.29) is 5.92 Å². The molecule has 1 aliphatic carbocycles. The van der Waals surface area contributed by atoms with E-state index in [0.29, 0.717) is 11.9 Å². The molecular formula is C24H39BN2O3. The Morgan fingerprint density at radius 1 is 1.10 bits per heavy atom. The Morgan fingerprint density at radius 3 is 2.43 bits per heavy atom. The Labute approximate surface area is 183 Å². The molecule has 30 heavy (non-hydrogen) atoms. The molecule has 1 amide bonds. The Balaban J connectivity index is 1.78. The molecule has 1 saturated heterocycles. The first kappa shape index (κ1) is 23.3. The summed E-state index contributed by atoms with van der Waals surface area (Å²) in [6.45, 7) is 4.19. The third-order valence-electron chi connectivity index (χ3n) is 6.55.